The van der Waals surface area contributed by atoms with Crippen LogP contribution in [-0.2, 0) is 17.6 Å². The molecule has 8 heteroatoms. The molecule has 2 aromatic carbocycles. The van der Waals surface area contributed by atoms with Gasteiger partial charge in [0.05, 0.1) is 38.6 Å². The number of amides is 1. The second-order valence-corrected chi connectivity index (χ2v) is 18.1. The molecule has 4 bridgehead atoms. The van der Waals surface area contributed by atoms with E-state index < -0.39 is 17.1 Å². The lowest BCUT2D eigenvalue weighted by molar-refractivity contribution is -0.149. The predicted octanol–water partition coefficient (Wildman–Crippen LogP) is 8.71. The van der Waals surface area contributed by atoms with Gasteiger partial charge in [-0.1, -0.05) is 50.6 Å². The van der Waals surface area contributed by atoms with E-state index in [0.717, 1.165) is 41.9 Å². The molecule has 8 nitrogen and oxygen atoms in total. The molecule has 4 saturated carbocycles. The molecule has 7 atom stereocenters. The van der Waals surface area contributed by atoms with Gasteiger partial charge < -0.3 is 29.0 Å². The number of furan rings is 1. The zero-order chi connectivity index (χ0) is 39.1. The quantitative estimate of drug-likeness (QED) is 0.158. The fraction of sp³-hybridized carbons (Fsp3) is 0.574. The average Bonchev–Trinajstić information content (AvgIpc) is 3.80. The number of rotatable bonds is 10. The topological polar surface area (TPSA) is 109 Å². The number of benzene rings is 2. The first-order chi connectivity index (χ1) is 26.3. The highest BCUT2D eigenvalue weighted by Gasteiger charge is 2.59. The fourth-order valence-electron chi connectivity index (χ4n) is 11.0. The SMILES string of the molecule is COc1ccc(CC(=O)N(C[C@@H]2CC[C@H]3C[C@@H]2C3(C)C)C[C@]2(O)CC[C@H]3c4ccc(cc4C(=O)c4ccco4)C[C@@H](O)CCC(C)=CCC[C@@]32C)cc1OC. The Morgan fingerprint density at radius 3 is 2.47 bits per heavy atom. The van der Waals surface area contributed by atoms with Crippen LogP contribution in [0.2, 0.25) is 0 Å². The summed E-state index contributed by atoms with van der Waals surface area (Å²) < 4.78 is 16.7. The number of fused-ring (bicyclic) bond motifs is 10. The Labute approximate surface area is 327 Å². The van der Waals surface area contributed by atoms with Crippen molar-refractivity contribution in [3.05, 3.63) is 94.5 Å². The first-order valence-corrected chi connectivity index (χ1v) is 20.5. The molecule has 9 rings (SSSR count). The van der Waals surface area contributed by atoms with Crippen LogP contribution < -0.4 is 9.47 Å². The zero-order valence-electron chi connectivity index (χ0n) is 33.7. The van der Waals surface area contributed by atoms with E-state index >= 15 is 0 Å². The summed E-state index contributed by atoms with van der Waals surface area (Å²) in [6.45, 7) is 9.94. The van der Waals surface area contributed by atoms with Gasteiger partial charge in [-0.05, 0) is 147 Å². The van der Waals surface area contributed by atoms with Crippen molar-refractivity contribution in [2.24, 2.45) is 28.6 Å². The molecule has 6 aliphatic carbocycles. The van der Waals surface area contributed by atoms with Gasteiger partial charge in [0.1, 0.15) is 0 Å². The van der Waals surface area contributed by atoms with Crippen LogP contribution in [0.15, 0.2) is 70.9 Å². The summed E-state index contributed by atoms with van der Waals surface area (Å²) in [6.07, 6.45) is 11.4. The van der Waals surface area contributed by atoms with E-state index in [1.165, 1.54) is 24.7 Å². The Hall–Kier alpha value is -3.88. The highest BCUT2D eigenvalue weighted by molar-refractivity contribution is 6.08. The van der Waals surface area contributed by atoms with E-state index in [1.807, 2.05) is 35.2 Å². The lowest BCUT2D eigenvalue weighted by Crippen LogP contribution is -2.58. The monoisotopic (exact) mass is 751 g/mol. The number of aliphatic hydroxyl groups is 2. The summed E-state index contributed by atoms with van der Waals surface area (Å²) >= 11 is 0. The van der Waals surface area contributed by atoms with Crippen LogP contribution in [0, 0.1) is 28.6 Å². The maximum absolute atomic E-state index is 14.7. The van der Waals surface area contributed by atoms with E-state index in [0.29, 0.717) is 67.5 Å². The lowest BCUT2D eigenvalue weighted by Gasteiger charge is -2.61. The molecule has 55 heavy (non-hydrogen) atoms. The number of hydrogen-bond acceptors (Lipinski definition) is 7. The maximum atomic E-state index is 14.7. The molecule has 0 saturated heterocycles. The Morgan fingerprint density at radius 2 is 1.76 bits per heavy atom. The Balaban J connectivity index is 1.26. The molecule has 296 valence electrons. The highest BCUT2D eigenvalue weighted by Crippen LogP contribution is 2.62. The third-order valence-electron chi connectivity index (χ3n) is 14.7. The minimum atomic E-state index is -1.21. The van der Waals surface area contributed by atoms with Crippen molar-refractivity contribution < 1.29 is 33.7 Å². The molecule has 6 aliphatic rings. The van der Waals surface area contributed by atoms with Gasteiger partial charge >= 0.3 is 0 Å². The summed E-state index contributed by atoms with van der Waals surface area (Å²) in [6, 6.07) is 15.1. The summed E-state index contributed by atoms with van der Waals surface area (Å²) in [5.41, 5.74) is 2.82. The molecule has 0 unspecified atom stereocenters. The first kappa shape index (κ1) is 39.4. The molecule has 0 radical (unpaired) electrons. The summed E-state index contributed by atoms with van der Waals surface area (Å²) in [5.74, 6) is 2.81. The van der Waals surface area contributed by atoms with E-state index in [4.69, 9.17) is 13.9 Å². The Morgan fingerprint density at radius 1 is 0.964 bits per heavy atom. The molecule has 3 aromatic rings. The number of allylic oxidation sites excluding steroid dienone is 2. The van der Waals surface area contributed by atoms with Gasteiger partial charge in [-0.25, -0.2) is 0 Å². The van der Waals surface area contributed by atoms with Crippen LogP contribution in [0.5, 0.6) is 11.5 Å². The van der Waals surface area contributed by atoms with Crippen molar-refractivity contribution in [3.8, 4) is 11.5 Å². The number of carbonyl (C=O) groups is 2. The summed E-state index contributed by atoms with van der Waals surface area (Å²) in [7, 11) is 3.21. The third-order valence-corrected chi connectivity index (χ3v) is 14.7. The van der Waals surface area contributed by atoms with Crippen LogP contribution >= 0.6 is 0 Å². The van der Waals surface area contributed by atoms with Crippen molar-refractivity contribution in [1.29, 1.82) is 0 Å². The third kappa shape index (κ3) is 7.53. The van der Waals surface area contributed by atoms with Crippen molar-refractivity contribution in [2.75, 3.05) is 27.3 Å². The second-order valence-electron chi connectivity index (χ2n) is 18.1. The molecular weight excluding hydrogens is 691 g/mol. The van der Waals surface area contributed by atoms with E-state index in [-0.39, 0.29) is 41.7 Å². The number of aliphatic hydroxyl groups excluding tert-OH is 1. The molecule has 1 aromatic heterocycles. The van der Waals surface area contributed by atoms with E-state index in [2.05, 4.69) is 39.8 Å². The fourth-order valence-corrected chi connectivity index (χ4v) is 11.0. The van der Waals surface area contributed by atoms with Crippen molar-refractivity contribution >= 4 is 11.7 Å². The van der Waals surface area contributed by atoms with Gasteiger partial charge in [0, 0.05) is 24.1 Å². The molecule has 4 fully saturated rings. The van der Waals surface area contributed by atoms with E-state index in [1.54, 1.807) is 26.4 Å². The van der Waals surface area contributed by atoms with Crippen LogP contribution in [-0.4, -0.2) is 65.8 Å². The molecular formula is C47H61NO7. The van der Waals surface area contributed by atoms with Crippen LogP contribution in [0.3, 0.4) is 0 Å². The summed E-state index contributed by atoms with van der Waals surface area (Å²) in [5, 5.41) is 24.2. The Bertz CT molecular complexity index is 1890. The smallest absolute Gasteiger partial charge is 0.228 e. The largest absolute Gasteiger partial charge is 0.493 e. The number of ether oxygens (including phenoxy) is 2. The highest BCUT2D eigenvalue weighted by atomic mass is 16.5. The molecule has 0 aliphatic heterocycles. The molecule has 1 amide bonds. The number of nitrogens with zero attached hydrogens (tertiary/aromatic N) is 1. The Kier molecular flexibility index (Phi) is 11.1. The lowest BCUT2D eigenvalue weighted by atomic mass is 9.45. The minimum absolute atomic E-state index is 0.000164. The van der Waals surface area contributed by atoms with E-state index in [9.17, 15) is 19.8 Å². The minimum Gasteiger partial charge on any atom is -0.493 e. The van der Waals surface area contributed by atoms with Gasteiger partial charge in [-0.15, -0.1) is 0 Å². The van der Waals surface area contributed by atoms with Crippen LogP contribution in [0.1, 0.15) is 124 Å². The first-order valence-electron chi connectivity index (χ1n) is 20.5. The van der Waals surface area contributed by atoms with Crippen molar-refractivity contribution in [2.45, 2.75) is 116 Å². The van der Waals surface area contributed by atoms with Crippen molar-refractivity contribution in [3.63, 3.8) is 0 Å². The normalized spacial score (nSPS) is 30.0. The number of hydrogen-bond donors (Lipinski definition) is 2. The number of ketones is 1. The van der Waals surface area contributed by atoms with Crippen LogP contribution in [0.4, 0.5) is 0 Å². The molecule has 1 heterocycles. The summed E-state index contributed by atoms with van der Waals surface area (Å²) in [4.78, 5) is 30.9. The number of methoxy groups -OCH3 is 2. The zero-order valence-corrected chi connectivity index (χ0v) is 33.7. The maximum Gasteiger partial charge on any atom is 0.228 e. The predicted molar refractivity (Wildman–Crippen MR) is 213 cm³/mol. The van der Waals surface area contributed by atoms with Gasteiger partial charge in [0.15, 0.2) is 17.3 Å². The van der Waals surface area contributed by atoms with Gasteiger partial charge in [-0.3, -0.25) is 9.59 Å². The second kappa shape index (κ2) is 15.6. The van der Waals surface area contributed by atoms with Gasteiger partial charge in [-0.2, -0.15) is 0 Å². The van der Waals surface area contributed by atoms with Gasteiger partial charge in [0.2, 0.25) is 11.7 Å². The number of carbonyl (C=O) groups excluding carboxylic acids is 2. The average molecular weight is 752 g/mol. The standard InChI is InChI=1S/C47H61NO7/c1-30-9-7-20-46(4)38(36-17-12-31(23-35(49)16-11-30)24-37(36)44(51)41-10-8-22-55-41)19-21-47(46,52)29-48(28-33-14-15-34-27-39(33)45(34,2)3)43(50)26-32-13-18-40(53-5)42(25-32)54-6/h8-10,12-13,17-18,22,24-25,33-35,38-39,49,52H,7,11,14-16,19-21,23,26-29H2,1-6H3/t33-,34-,35-,38-,39-,46-,47+/m0/s1. The van der Waals surface area contributed by atoms with Gasteiger partial charge in [0.25, 0.3) is 0 Å². The van der Waals surface area contributed by atoms with Crippen molar-refractivity contribution in [1.82, 2.24) is 4.90 Å². The molecule has 0 spiro atoms. The molecule has 2 N–H and O–H groups in total. The van der Waals surface area contributed by atoms with Crippen LogP contribution in [0.25, 0.3) is 0 Å².